The van der Waals surface area contributed by atoms with Crippen LogP contribution >= 0.6 is 27.7 Å². The number of rotatable bonds is 7. The second-order valence-corrected chi connectivity index (χ2v) is 8.06. The lowest BCUT2D eigenvalue weighted by Gasteiger charge is -2.20. The van der Waals surface area contributed by atoms with Crippen molar-refractivity contribution < 1.29 is 14.3 Å². The summed E-state index contributed by atoms with van der Waals surface area (Å²) in [4.78, 5) is 16.6. The monoisotopic (exact) mass is 484 g/mol. The van der Waals surface area contributed by atoms with Crippen molar-refractivity contribution in [2.24, 2.45) is 10.1 Å². The van der Waals surface area contributed by atoms with Crippen LogP contribution in [0.5, 0.6) is 11.5 Å². The number of carbonyl (C=O) groups excluding carboxylic acids is 1. The first-order valence-corrected chi connectivity index (χ1v) is 11.0. The van der Waals surface area contributed by atoms with Gasteiger partial charge < -0.3 is 9.47 Å². The lowest BCUT2D eigenvalue weighted by molar-refractivity contribution is -0.114. The van der Waals surface area contributed by atoms with Gasteiger partial charge in [-0.2, -0.15) is 15.1 Å². The number of ether oxygens (including phenoxy) is 2. The number of amidine groups is 2. The summed E-state index contributed by atoms with van der Waals surface area (Å²) in [7, 11) is 0. The van der Waals surface area contributed by atoms with Crippen molar-refractivity contribution in [3.05, 3.63) is 65.7 Å². The van der Waals surface area contributed by atoms with E-state index in [1.165, 1.54) is 16.8 Å². The molecular weight excluding hydrogens is 468 g/mol. The predicted molar refractivity (Wildman–Crippen MR) is 123 cm³/mol. The molecule has 0 fully saturated rings. The van der Waals surface area contributed by atoms with Crippen LogP contribution in [0.1, 0.15) is 5.56 Å². The Hall–Kier alpha value is -2.91. The molecule has 0 saturated carbocycles. The van der Waals surface area contributed by atoms with E-state index in [4.69, 9.17) is 14.9 Å². The van der Waals surface area contributed by atoms with Crippen LogP contribution < -0.4 is 9.47 Å². The van der Waals surface area contributed by atoms with Crippen molar-refractivity contribution in [3.8, 4) is 11.5 Å². The maximum absolute atomic E-state index is 12.5. The highest BCUT2D eigenvalue weighted by Crippen LogP contribution is 2.29. The van der Waals surface area contributed by atoms with Crippen molar-refractivity contribution in [3.63, 3.8) is 0 Å². The molecule has 1 N–H and O–H groups in total. The van der Waals surface area contributed by atoms with Crippen LogP contribution in [0.2, 0.25) is 0 Å². The number of hydrogen-bond donors (Lipinski definition) is 1. The number of thioether (sulfide) groups is 1. The fourth-order valence-corrected chi connectivity index (χ4v) is 3.73. The van der Waals surface area contributed by atoms with Crippen LogP contribution in [-0.2, 0) is 4.79 Å². The standard InChI is InChI=1S/C21H17BrN4O3S/c22-9-10-28-16-8-4-5-14(11-16)12-17-19(23)26-21(24-20(17)27)30-18(25-26)13-29-15-6-2-1-3-7-15/h1-8,11-12,23H,9-10,13H2/b17-12-,23-19?. The first kappa shape index (κ1) is 20.4. The number of hydrogen-bond acceptors (Lipinski definition) is 6. The van der Waals surface area contributed by atoms with Gasteiger partial charge in [-0.05, 0) is 47.7 Å². The summed E-state index contributed by atoms with van der Waals surface area (Å²) in [5.74, 6) is 0.934. The zero-order chi connectivity index (χ0) is 20.9. The summed E-state index contributed by atoms with van der Waals surface area (Å²) in [6.07, 6.45) is 1.63. The van der Waals surface area contributed by atoms with E-state index in [1.54, 1.807) is 6.08 Å². The fourth-order valence-electron chi connectivity index (χ4n) is 2.77. The number of hydrazone groups is 1. The first-order chi connectivity index (χ1) is 14.6. The number of para-hydroxylation sites is 1. The molecule has 2 aliphatic heterocycles. The number of alkyl halides is 1. The molecule has 1 amide bonds. The van der Waals surface area contributed by atoms with Crippen LogP contribution in [0.4, 0.5) is 0 Å². The van der Waals surface area contributed by atoms with E-state index in [2.05, 4.69) is 26.0 Å². The summed E-state index contributed by atoms with van der Waals surface area (Å²) in [5, 5.41) is 15.9. The van der Waals surface area contributed by atoms with Gasteiger partial charge in [-0.15, -0.1) is 0 Å². The Morgan fingerprint density at radius 2 is 1.90 bits per heavy atom. The van der Waals surface area contributed by atoms with Crippen molar-refractivity contribution in [1.29, 1.82) is 5.41 Å². The second kappa shape index (κ2) is 9.27. The van der Waals surface area contributed by atoms with Crippen molar-refractivity contribution in [1.82, 2.24) is 5.01 Å². The quantitative estimate of drug-likeness (QED) is 0.470. The Balaban J connectivity index is 1.51. The van der Waals surface area contributed by atoms with E-state index in [0.29, 0.717) is 22.6 Å². The maximum atomic E-state index is 12.5. The second-order valence-electron chi connectivity index (χ2n) is 6.23. The highest BCUT2D eigenvalue weighted by molar-refractivity contribution is 9.09. The Kier molecular flexibility index (Phi) is 6.29. The maximum Gasteiger partial charge on any atom is 0.283 e. The Morgan fingerprint density at radius 3 is 2.70 bits per heavy atom. The molecule has 0 bridgehead atoms. The number of nitrogens with one attached hydrogen (secondary N) is 1. The zero-order valence-electron chi connectivity index (χ0n) is 15.7. The largest absolute Gasteiger partial charge is 0.493 e. The van der Waals surface area contributed by atoms with Gasteiger partial charge in [-0.3, -0.25) is 10.2 Å². The number of fused-ring (bicyclic) bond motifs is 1. The lowest BCUT2D eigenvalue weighted by atomic mass is 10.1. The molecule has 0 unspecified atom stereocenters. The van der Waals surface area contributed by atoms with E-state index >= 15 is 0 Å². The third kappa shape index (κ3) is 4.63. The number of halogens is 1. The Labute approximate surface area is 186 Å². The van der Waals surface area contributed by atoms with Crippen molar-refractivity contribution >= 4 is 55.7 Å². The minimum atomic E-state index is -0.467. The van der Waals surface area contributed by atoms with Crippen LogP contribution in [-0.4, -0.2) is 45.5 Å². The van der Waals surface area contributed by atoms with Crippen LogP contribution in [0, 0.1) is 5.41 Å². The molecule has 2 aliphatic rings. The first-order valence-electron chi connectivity index (χ1n) is 9.10. The number of benzene rings is 2. The SMILES string of the molecule is N=C1/C(=C/c2cccc(OCCBr)c2)C(=O)N=C2SC(COc3ccccc3)=NN12. The van der Waals surface area contributed by atoms with E-state index in [9.17, 15) is 4.79 Å². The minimum absolute atomic E-state index is 0.0148. The highest BCUT2D eigenvalue weighted by atomic mass is 79.9. The number of nitrogens with zero attached hydrogens (tertiary/aromatic N) is 3. The number of amides is 1. The third-order valence-electron chi connectivity index (χ3n) is 4.12. The summed E-state index contributed by atoms with van der Waals surface area (Å²) in [6.45, 7) is 0.771. The van der Waals surface area contributed by atoms with E-state index in [0.717, 1.165) is 16.6 Å². The molecular formula is C21H17BrN4O3S. The minimum Gasteiger partial charge on any atom is -0.493 e. The molecule has 0 spiro atoms. The van der Waals surface area contributed by atoms with Gasteiger partial charge in [0.15, 0.2) is 5.84 Å². The molecule has 0 atom stereocenters. The van der Waals surface area contributed by atoms with Gasteiger partial charge in [-0.1, -0.05) is 46.3 Å². The molecule has 0 aromatic heterocycles. The molecule has 9 heteroatoms. The van der Waals surface area contributed by atoms with Gasteiger partial charge in [0, 0.05) is 5.33 Å². The number of carbonyl (C=O) groups is 1. The molecule has 0 saturated heterocycles. The highest BCUT2D eigenvalue weighted by Gasteiger charge is 2.35. The van der Waals surface area contributed by atoms with Gasteiger partial charge >= 0.3 is 0 Å². The van der Waals surface area contributed by atoms with Crippen molar-refractivity contribution in [2.75, 3.05) is 18.5 Å². The molecule has 2 aromatic carbocycles. The van der Waals surface area contributed by atoms with Gasteiger partial charge in [0.05, 0.1) is 12.2 Å². The van der Waals surface area contributed by atoms with E-state index in [-0.39, 0.29) is 18.0 Å². The normalized spacial score (nSPS) is 17.0. The van der Waals surface area contributed by atoms with Crippen LogP contribution in [0.15, 0.2) is 70.3 Å². The van der Waals surface area contributed by atoms with Gasteiger partial charge in [0.25, 0.3) is 5.91 Å². The third-order valence-corrected chi connectivity index (χ3v) is 5.32. The summed E-state index contributed by atoms with van der Waals surface area (Å²) >= 11 is 4.55. The molecule has 2 heterocycles. The molecule has 2 aromatic rings. The molecule has 0 aliphatic carbocycles. The topological polar surface area (TPSA) is 87.3 Å². The number of aliphatic imine (C=N–C) groups is 1. The summed E-state index contributed by atoms with van der Waals surface area (Å²) in [6, 6.07) is 16.7. The molecule has 4 rings (SSSR count). The average molecular weight is 485 g/mol. The van der Waals surface area contributed by atoms with E-state index in [1.807, 2.05) is 54.6 Å². The molecule has 7 nitrogen and oxygen atoms in total. The van der Waals surface area contributed by atoms with Gasteiger partial charge in [0.1, 0.15) is 23.1 Å². The molecule has 30 heavy (non-hydrogen) atoms. The van der Waals surface area contributed by atoms with E-state index < -0.39 is 5.91 Å². The predicted octanol–water partition coefficient (Wildman–Crippen LogP) is 4.16. The molecule has 152 valence electrons. The van der Waals surface area contributed by atoms with Gasteiger partial charge in [0.2, 0.25) is 5.17 Å². The summed E-state index contributed by atoms with van der Waals surface area (Å²) in [5.41, 5.74) is 0.920. The Morgan fingerprint density at radius 1 is 1.10 bits per heavy atom. The zero-order valence-corrected chi connectivity index (χ0v) is 18.1. The van der Waals surface area contributed by atoms with Crippen LogP contribution in [0.25, 0.3) is 6.08 Å². The van der Waals surface area contributed by atoms with Gasteiger partial charge in [-0.25, -0.2) is 0 Å². The van der Waals surface area contributed by atoms with Crippen LogP contribution in [0.3, 0.4) is 0 Å². The average Bonchev–Trinajstić information content (AvgIpc) is 3.18. The fraction of sp³-hybridized carbons (Fsp3) is 0.143. The molecule has 0 radical (unpaired) electrons. The smallest absolute Gasteiger partial charge is 0.283 e. The van der Waals surface area contributed by atoms with Crippen molar-refractivity contribution in [2.45, 2.75) is 0 Å². The Bertz CT molecular complexity index is 1070. The lowest BCUT2D eigenvalue weighted by Crippen LogP contribution is -2.35. The summed E-state index contributed by atoms with van der Waals surface area (Å²) < 4.78 is 11.3.